The van der Waals surface area contributed by atoms with Crippen LogP contribution >= 0.6 is 0 Å². The van der Waals surface area contributed by atoms with Gasteiger partial charge in [0.05, 0.1) is 0 Å². The average Bonchev–Trinajstić information content (AvgIpc) is 2.61. The zero-order valence-electron chi connectivity index (χ0n) is 12.5. The lowest BCUT2D eigenvalue weighted by atomic mass is 10.2. The molecule has 1 aliphatic rings. The molecule has 2 aromatic rings. The maximum Gasteiger partial charge on any atom is 0.351 e. The molecule has 0 aliphatic carbocycles. The summed E-state index contributed by atoms with van der Waals surface area (Å²) >= 11 is 0. The third kappa shape index (κ3) is 3.81. The van der Waals surface area contributed by atoms with Crippen LogP contribution in [-0.2, 0) is 14.3 Å². The summed E-state index contributed by atoms with van der Waals surface area (Å²) in [5, 5.41) is 2.49. The van der Waals surface area contributed by atoms with E-state index in [0.29, 0.717) is 17.2 Å². The van der Waals surface area contributed by atoms with Crippen LogP contribution in [0.4, 0.5) is 10.1 Å². The summed E-state index contributed by atoms with van der Waals surface area (Å²) in [5.41, 5.74) is 0.406. The minimum atomic E-state index is -0.932. The summed E-state index contributed by atoms with van der Waals surface area (Å²) in [6.07, 6.45) is -0.932. The van der Waals surface area contributed by atoms with Gasteiger partial charge in [-0.3, -0.25) is 4.79 Å². The van der Waals surface area contributed by atoms with Crippen LogP contribution in [-0.4, -0.2) is 31.2 Å². The van der Waals surface area contributed by atoms with E-state index in [0.717, 1.165) is 0 Å². The number of esters is 1. The Morgan fingerprint density at radius 3 is 2.58 bits per heavy atom. The van der Waals surface area contributed by atoms with Crippen molar-refractivity contribution >= 4 is 17.6 Å². The summed E-state index contributed by atoms with van der Waals surface area (Å²) in [7, 11) is 0. The van der Waals surface area contributed by atoms with Gasteiger partial charge in [-0.25, -0.2) is 9.18 Å². The average molecular weight is 331 g/mol. The van der Waals surface area contributed by atoms with Gasteiger partial charge in [-0.05, 0) is 36.4 Å². The van der Waals surface area contributed by atoms with Gasteiger partial charge in [-0.1, -0.05) is 12.1 Å². The van der Waals surface area contributed by atoms with E-state index in [4.69, 9.17) is 14.2 Å². The molecule has 1 heterocycles. The van der Waals surface area contributed by atoms with Crippen molar-refractivity contribution < 1.29 is 28.2 Å². The van der Waals surface area contributed by atoms with Crippen molar-refractivity contribution in [3.63, 3.8) is 0 Å². The van der Waals surface area contributed by atoms with Gasteiger partial charge in [-0.2, -0.15) is 0 Å². The molecule has 6 nitrogen and oxygen atoms in total. The van der Waals surface area contributed by atoms with E-state index in [2.05, 4.69) is 5.32 Å². The first kappa shape index (κ1) is 15.8. The van der Waals surface area contributed by atoms with Crippen LogP contribution in [0.1, 0.15) is 0 Å². The van der Waals surface area contributed by atoms with Crippen molar-refractivity contribution in [2.24, 2.45) is 0 Å². The van der Waals surface area contributed by atoms with E-state index in [1.54, 1.807) is 24.3 Å². The van der Waals surface area contributed by atoms with Gasteiger partial charge in [0.2, 0.25) is 6.10 Å². The summed E-state index contributed by atoms with van der Waals surface area (Å²) in [6.45, 7) is -0.465. The third-order valence-corrected chi connectivity index (χ3v) is 3.24. The molecule has 0 saturated carbocycles. The number of hydrogen-bond donors (Lipinski definition) is 1. The molecule has 7 heteroatoms. The van der Waals surface area contributed by atoms with Crippen LogP contribution in [0.2, 0.25) is 0 Å². The fourth-order valence-electron chi connectivity index (χ4n) is 2.10. The van der Waals surface area contributed by atoms with Gasteiger partial charge in [0.15, 0.2) is 18.1 Å². The normalized spacial score (nSPS) is 15.5. The Morgan fingerprint density at radius 1 is 1.12 bits per heavy atom. The molecular formula is C17H14FNO5. The van der Waals surface area contributed by atoms with Crippen molar-refractivity contribution in [1.29, 1.82) is 0 Å². The zero-order chi connectivity index (χ0) is 16.9. The molecule has 2 aromatic carbocycles. The number of carbonyl (C=O) groups is 2. The fourth-order valence-corrected chi connectivity index (χ4v) is 2.10. The highest BCUT2D eigenvalue weighted by molar-refractivity contribution is 5.93. The molecule has 0 radical (unpaired) electrons. The Balaban J connectivity index is 1.49. The van der Waals surface area contributed by atoms with Crippen molar-refractivity contribution in [3.05, 3.63) is 54.3 Å². The number of fused-ring (bicyclic) bond motifs is 1. The number of amides is 1. The lowest BCUT2D eigenvalue weighted by Crippen LogP contribution is -2.39. The Kier molecular flexibility index (Phi) is 4.60. The first-order valence-electron chi connectivity index (χ1n) is 7.22. The highest BCUT2D eigenvalue weighted by Crippen LogP contribution is 2.31. The molecule has 1 N–H and O–H groups in total. The van der Waals surface area contributed by atoms with Crippen LogP contribution in [0, 0.1) is 5.82 Å². The first-order chi connectivity index (χ1) is 11.6. The van der Waals surface area contributed by atoms with Gasteiger partial charge < -0.3 is 19.5 Å². The standard InChI is InChI=1S/C17H14FNO5/c18-11-5-7-12(8-6-11)19-16(20)10-23-17(21)15-9-22-13-3-1-2-4-14(13)24-15/h1-8,15H,9-10H2,(H,19,20)/t15-/m0/s1. The molecule has 1 atom stereocenters. The smallest absolute Gasteiger partial charge is 0.351 e. The minimum Gasteiger partial charge on any atom is -0.485 e. The van der Waals surface area contributed by atoms with Crippen LogP contribution < -0.4 is 14.8 Å². The predicted molar refractivity (Wildman–Crippen MR) is 82.3 cm³/mol. The second-order valence-electron chi connectivity index (χ2n) is 5.03. The maximum absolute atomic E-state index is 12.8. The first-order valence-corrected chi connectivity index (χ1v) is 7.22. The third-order valence-electron chi connectivity index (χ3n) is 3.24. The van der Waals surface area contributed by atoms with Gasteiger partial charge in [-0.15, -0.1) is 0 Å². The number of rotatable bonds is 4. The number of nitrogens with one attached hydrogen (secondary N) is 1. The zero-order valence-corrected chi connectivity index (χ0v) is 12.5. The van der Waals surface area contributed by atoms with Gasteiger partial charge in [0.1, 0.15) is 12.4 Å². The van der Waals surface area contributed by atoms with Crippen molar-refractivity contribution in [2.75, 3.05) is 18.5 Å². The number of halogens is 1. The van der Waals surface area contributed by atoms with E-state index in [1.165, 1.54) is 24.3 Å². The number of anilines is 1. The SMILES string of the molecule is O=C(COC(=O)[C@@H]1COc2ccccc2O1)Nc1ccc(F)cc1. The van der Waals surface area contributed by atoms with Crippen LogP contribution in [0.25, 0.3) is 0 Å². The topological polar surface area (TPSA) is 73.9 Å². The van der Waals surface area contributed by atoms with Crippen LogP contribution in [0.3, 0.4) is 0 Å². The van der Waals surface area contributed by atoms with Crippen LogP contribution in [0.5, 0.6) is 11.5 Å². The number of benzene rings is 2. The molecule has 0 spiro atoms. The maximum atomic E-state index is 12.8. The highest BCUT2D eigenvalue weighted by Gasteiger charge is 2.29. The molecule has 24 heavy (non-hydrogen) atoms. The molecule has 1 aliphatic heterocycles. The number of hydrogen-bond acceptors (Lipinski definition) is 5. The van der Waals surface area contributed by atoms with E-state index in [-0.39, 0.29) is 6.61 Å². The van der Waals surface area contributed by atoms with Crippen molar-refractivity contribution in [3.8, 4) is 11.5 Å². The fraction of sp³-hybridized carbons (Fsp3) is 0.176. The Morgan fingerprint density at radius 2 is 1.83 bits per heavy atom. The van der Waals surface area contributed by atoms with Crippen molar-refractivity contribution in [2.45, 2.75) is 6.10 Å². The summed E-state index contributed by atoms with van der Waals surface area (Å²) in [4.78, 5) is 23.7. The highest BCUT2D eigenvalue weighted by atomic mass is 19.1. The number of carbonyl (C=O) groups excluding carboxylic acids is 2. The lowest BCUT2D eigenvalue weighted by Gasteiger charge is -2.24. The van der Waals surface area contributed by atoms with Crippen molar-refractivity contribution in [1.82, 2.24) is 0 Å². The van der Waals surface area contributed by atoms with E-state index >= 15 is 0 Å². The molecule has 124 valence electrons. The molecule has 3 rings (SSSR count). The molecule has 0 aromatic heterocycles. The second kappa shape index (κ2) is 6.99. The molecule has 0 fully saturated rings. The Bertz CT molecular complexity index is 747. The monoisotopic (exact) mass is 331 g/mol. The van der Waals surface area contributed by atoms with E-state index < -0.39 is 30.4 Å². The minimum absolute atomic E-state index is 0.00935. The lowest BCUT2D eigenvalue weighted by molar-refractivity contribution is -0.156. The molecule has 0 unspecified atom stereocenters. The van der Waals surface area contributed by atoms with E-state index in [1.807, 2.05) is 0 Å². The molecular weight excluding hydrogens is 317 g/mol. The van der Waals surface area contributed by atoms with Crippen LogP contribution in [0.15, 0.2) is 48.5 Å². The van der Waals surface area contributed by atoms with Gasteiger partial charge in [0, 0.05) is 5.69 Å². The van der Waals surface area contributed by atoms with E-state index in [9.17, 15) is 14.0 Å². The number of para-hydroxylation sites is 2. The largest absolute Gasteiger partial charge is 0.485 e. The Hall–Kier alpha value is -3.09. The Labute approximate surface area is 137 Å². The summed E-state index contributed by atoms with van der Waals surface area (Å²) < 4.78 is 28.6. The molecule has 0 saturated heterocycles. The molecule has 0 bridgehead atoms. The second-order valence-corrected chi connectivity index (χ2v) is 5.03. The predicted octanol–water partition coefficient (Wildman–Crippen LogP) is 2.15. The van der Waals surface area contributed by atoms with Gasteiger partial charge in [0.25, 0.3) is 5.91 Å². The summed E-state index contributed by atoms with van der Waals surface area (Å²) in [5.74, 6) is -0.642. The molecule has 1 amide bonds. The number of ether oxygens (including phenoxy) is 3. The van der Waals surface area contributed by atoms with Gasteiger partial charge >= 0.3 is 5.97 Å². The quantitative estimate of drug-likeness (QED) is 0.869. The summed E-state index contributed by atoms with van der Waals surface area (Å²) in [6, 6.07) is 12.2.